The Kier molecular flexibility index (Phi) is 3.46. The molecular weight excluding hydrogens is 242 g/mol. The van der Waals surface area contributed by atoms with Crippen molar-refractivity contribution in [2.75, 3.05) is 0 Å². The summed E-state index contributed by atoms with van der Waals surface area (Å²) in [6.07, 6.45) is 0. The van der Waals surface area contributed by atoms with Crippen molar-refractivity contribution in [3.8, 4) is 0 Å². The molecule has 0 fully saturated rings. The van der Waals surface area contributed by atoms with Gasteiger partial charge in [-0.2, -0.15) is 4.99 Å². The molecule has 0 saturated heterocycles. The van der Waals surface area contributed by atoms with Crippen molar-refractivity contribution in [3.05, 3.63) is 35.4 Å². The summed E-state index contributed by atoms with van der Waals surface area (Å²) >= 11 is 0. The van der Waals surface area contributed by atoms with Gasteiger partial charge >= 0.3 is 0 Å². The van der Waals surface area contributed by atoms with Gasteiger partial charge in [0.2, 0.25) is 0 Å². The Hall–Kier alpha value is -2.43. The minimum absolute atomic E-state index is 0.0103. The van der Waals surface area contributed by atoms with Gasteiger partial charge < -0.3 is 0 Å². The Morgan fingerprint density at radius 1 is 1.05 bits per heavy atom. The first-order valence-corrected chi connectivity index (χ1v) is 5.82. The monoisotopic (exact) mass is 255 g/mol. The van der Waals surface area contributed by atoms with Crippen molar-refractivity contribution in [3.63, 3.8) is 0 Å². The second-order valence-corrected chi connectivity index (χ2v) is 4.29. The highest BCUT2D eigenvalue weighted by molar-refractivity contribution is 6.69. The van der Waals surface area contributed by atoms with Crippen molar-refractivity contribution in [2.24, 2.45) is 15.0 Å². The Bertz CT molecular complexity index is 637. The molecule has 0 saturated carbocycles. The van der Waals surface area contributed by atoms with Crippen LogP contribution in [-0.2, 0) is 4.79 Å². The summed E-state index contributed by atoms with van der Waals surface area (Å²) in [6, 6.07) is 6.99. The molecule has 1 aromatic carbocycles. The van der Waals surface area contributed by atoms with Crippen LogP contribution in [0, 0.1) is 6.92 Å². The van der Waals surface area contributed by atoms with Crippen LogP contribution in [0.5, 0.6) is 0 Å². The van der Waals surface area contributed by atoms with Gasteiger partial charge in [-0.05, 0) is 32.9 Å². The van der Waals surface area contributed by atoms with Crippen LogP contribution in [0.3, 0.4) is 0 Å². The van der Waals surface area contributed by atoms with Crippen LogP contribution in [-0.4, -0.2) is 29.1 Å². The highest BCUT2D eigenvalue weighted by Gasteiger charge is 2.20. The molecule has 1 aliphatic rings. The predicted octanol–water partition coefficient (Wildman–Crippen LogP) is 2.00. The zero-order valence-electron chi connectivity index (χ0n) is 11.0. The van der Waals surface area contributed by atoms with Gasteiger partial charge in [-0.15, -0.1) is 0 Å². The van der Waals surface area contributed by atoms with Crippen LogP contribution < -0.4 is 0 Å². The standard InChI is InChI=1S/C14H13N3O2/c1-8-4-6-11(7-5-8)13(18)17-12-9(2)15-10(3)16-14(12)19/h4-7H,1-3H3. The molecule has 1 aliphatic heterocycles. The first kappa shape index (κ1) is 13.0. The molecule has 0 aromatic heterocycles. The van der Waals surface area contributed by atoms with E-state index in [-0.39, 0.29) is 5.71 Å². The van der Waals surface area contributed by atoms with E-state index in [2.05, 4.69) is 15.0 Å². The van der Waals surface area contributed by atoms with Crippen molar-refractivity contribution in [2.45, 2.75) is 20.8 Å². The lowest BCUT2D eigenvalue weighted by atomic mass is 10.1. The fraction of sp³-hybridized carbons (Fsp3) is 0.214. The first-order chi connectivity index (χ1) is 8.97. The fourth-order valence-corrected chi connectivity index (χ4v) is 1.67. The third-order valence-electron chi connectivity index (χ3n) is 2.65. The SMILES string of the molecule is CC1=NC(=O)C(=NC(=O)c2ccc(C)cc2)C(C)=N1. The summed E-state index contributed by atoms with van der Waals surface area (Å²) < 4.78 is 0. The maximum atomic E-state index is 12.0. The van der Waals surface area contributed by atoms with Gasteiger partial charge in [0.1, 0.15) is 5.84 Å². The van der Waals surface area contributed by atoms with Gasteiger partial charge in [0, 0.05) is 5.56 Å². The van der Waals surface area contributed by atoms with E-state index >= 15 is 0 Å². The first-order valence-electron chi connectivity index (χ1n) is 5.82. The fourth-order valence-electron chi connectivity index (χ4n) is 1.67. The zero-order valence-corrected chi connectivity index (χ0v) is 11.0. The number of amidine groups is 1. The zero-order chi connectivity index (χ0) is 14.0. The van der Waals surface area contributed by atoms with Gasteiger partial charge in [0.05, 0.1) is 5.71 Å². The number of benzene rings is 1. The third kappa shape index (κ3) is 2.88. The predicted molar refractivity (Wildman–Crippen MR) is 74.2 cm³/mol. The number of hydrogen-bond donors (Lipinski definition) is 0. The average Bonchev–Trinajstić information content (AvgIpc) is 2.34. The minimum Gasteiger partial charge on any atom is -0.267 e. The smallest absolute Gasteiger partial charge is 0.267 e. The number of rotatable bonds is 1. The van der Waals surface area contributed by atoms with Crippen molar-refractivity contribution in [1.82, 2.24) is 0 Å². The maximum Gasteiger partial charge on any atom is 0.299 e. The second-order valence-electron chi connectivity index (χ2n) is 4.29. The number of aryl methyl sites for hydroxylation is 1. The summed E-state index contributed by atoms with van der Waals surface area (Å²) in [7, 11) is 0. The lowest BCUT2D eigenvalue weighted by molar-refractivity contribution is -0.111. The van der Waals surface area contributed by atoms with Crippen molar-refractivity contribution >= 4 is 29.1 Å². The van der Waals surface area contributed by atoms with Gasteiger partial charge in [-0.1, -0.05) is 17.7 Å². The largest absolute Gasteiger partial charge is 0.299 e. The lowest BCUT2D eigenvalue weighted by Crippen LogP contribution is -2.27. The molecule has 2 rings (SSSR count). The van der Waals surface area contributed by atoms with Gasteiger partial charge in [0.25, 0.3) is 11.8 Å². The summed E-state index contributed by atoms with van der Waals surface area (Å²) in [4.78, 5) is 35.2. The third-order valence-corrected chi connectivity index (χ3v) is 2.65. The van der Waals surface area contributed by atoms with Crippen LogP contribution in [0.2, 0.25) is 0 Å². The molecule has 19 heavy (non-hydrogen) atoms. The van der Waals surface area contributed by atoms with Crippen LogP contribution >= 0.6 is 0 Å². The van der Waals surface area contributed by atoms with E-state index in [1.54, 1.807) is 26.0 Å². The summed E-state index contributed by atoms with van der Waals surface area (Å²) in [6.45, 7) is 5.19. The van der Waals surface area contributed by atoms with Crippen LogP contribution in [0.1, 0.15) is 29.8 Å². The summed E-state index contributed by atoms with van der Waals surface area (Å²) in [5, 5.41) is 0. The van der Waals surface area contributed by atoms with Gasteiger partial charge in [-0.25, -0.2) is 9.98 Å². The van der Waals surface area contributed by atoms with Crippen LogP contribution in [0.15, 0.2) is 39.2 Å². The molecule has 0 spiro atoms. The highest BCUT2D eigenvalue weighted by Crippen LogP contribution is 2.07. The summed E-state index contributed by atoms with van der Waals surface area (Å²) in [5.74, 6) is -0.609. The topological polar surface area (TPSA) is 71.2 Å². The second kappa shape index (κ2) is 5.06. The number of aliphatic imine (C=N–C) groups is 3. The van der Waals surface area contributed by atoms with Crippen molar-refractivity contribution < 1.29 is 9.59 Å². The molecule has 0 N–H and O–H groups in total. The lowest BCUT2D eigenvalue weighted by Gasteiger charge is -2.07. The van der Waals surface area contributed by atoms with E-state index in [1.807, 2.05) is 19.1 Å². The summed E-state index contributed by atoms with van der Waals surface area (Å²) in [5.41, 5.74) is 1.91. The molecule has 5 heteroatoms. The number of carbonyl (C=O) groups is 2. The number of carbonyl (C=O) groups excluding carboxylic acids is 2. The molecular formula is C14H13N3O2. The molecule has 1 aromatic rings. The molecule has 0 atom stereocenters. The Labute approximate surface area is 110 Å². The van der Waals surface area contributed by atoms with E-state index in [9.17, 15) is 9.59 Å². The number of amides is 2. The Morgan fingerprint density at radius 3 is 2.26 bits per heavy atom. The molecule has 5 nitrogen and oxygen atoms in total. The van der Waals surface area contributed by atoms with E-state index in [0.29, 0.717) is 17.1 Å². The Morgan fingerprint density at radius 2 is 1.68 bits per heavy atom. The average molecular weight is 255 g/mol. The van der Waals surface area contributed by atoms with Gasteiger partial charge in [-0.3, -0.25) is 9.59 Å². The maximum absolute atomic E-state index is 12.0. The molecule has 0 unspecified atom stereocenters. The van der Waals surface area contributed by atoms with E-state index in [1.165, 1.54) is 0 Å². The van der Waals surface area contributed by atoms with E-state index in [0.717, 1.165) is 5.56 Å². The quantitative estimate of drug-likeness (QED) is 0.769. The van der Waals surface area contributed by atoms with Crippen molar-refractivity contribution in [1.29, 1.82) is 0 Å². The highest BCUT2D eigenvalue weighted by atomic mass is 16.2. The normalized spacial score (nSPS) is 17.2. The molecule has 0 bridgehead atoms. The molecule has 96 valence electrons. The number of hydrogen-bond acceptors (Lipinski definition) is 3. The van der Waals surface area contributed by atoms with Gasteiger partial charge in [0.15, 0.2) is 5.71 Å². The molecule has 0 radical (unpaired) electrons. The number of nitrogens with zero attached hydrogens (tertiary/aromatic N) is 3. The van der Waals surface area contributed by atoms with E-state index < -0.39 is 11.8 Å². The van der Waals surface area contributed by atoms with E-state index in [4.69, 9.17) is 0 Å². The van der Waals surface area contributed by atoms with Crippen LogP contribution in [0.4, 0.5) is 0 Å². The molecule has 2 amide bonds. The Balaban J connectivity index is 2.32. The molecule has 0 aliphatic carbocycles. The van der Waals surface area contributed by atoms with Crippen LogP contribution in [0.25, 0.3) is 0 Å². The minimum atomic E-state index is -0.523. The molecule has 1 heterocycles.